The Labute approximate surface area is 125 Å². The fraction of sp³-hybridized carbons (Fsp3) is 0.462. The summed E-state index contributed by atoms with van der Waals surface area (Å²) in [5, 5.41) is 3.11. The van der Waals surface area contributed by atoms with Gasteiger partial charge < -0.3 is 5.32 Å². The van der Waals surface area contributed by atoms with Crippen LogP contribution in [0, 0.1) is 11.8 Å². The fourth-order valence-electron chi connectivity index (χ4n) is 1.94. The van der Waals surface area contributed by atoms with Crippen LogP contribution in [0.2, 0.25) is 0 Å². The van der Waals surface area contributed by atoms with Crippen molar-refractivity contribution in [2.45, 2.75) is 23.5 Å². The molecule has 7 heteroatoms. The van der Waals surface area contributed by atoms with Gasteiger partial charge >= 0.3 is 0 Å². The van der Waals surface area contributed by atoms with Crippen molar-refractivity contribution in [3.8, 4) is 11.8 Å². The van der Waals surface area contributed by atoms with Crippen LogP contribution >= 0.6 is 12.6 Å². The summed E-state index contributed by atoms with van der Waals surface area (Å²) >= 11 is 4.32. The summed E-state index contributed by atoms with van der Waals surface area (Å²) in [4.78, 5) is 4.32. The SMILES string of the molecule is CC#CCNc1ccc(S(=O)(=O)N2CCC(S)C2)cn1. The Hall–Kier alpha value is -1.23. The first-order valence-corrected chi connectivity index (χ1v) is 8.27. The molecule has 1 aliphatic heterocycles. The fourth-order valence-corrected chi connectivity index (χ4v) is 3.81. The zero-order valence-corrected chi connectivity index (χ0v) is 12.9. The van der Waals surface area contributed by atoms with Crippen molar-refractivity contribution in [2.24, 2.45) is 0 Å². The van der Waals surface area contributed by atoms with E-state index in [1.165, 1.54) is 10.5 Å². The molecule has 2 rings (SSSR count). The number of anilines is 1. The molecule has 1 unspecified atom stereocenters. The first kappa shape index (κ1) is 15.2. The van der Waals surface area contributed by atoms with Crippen molar-refractivity contribution in [3.63, 3.8) is 0 Å². The number of hydrogen-bond acceptors (Lipinski definition) is 5. The molecule has 0 spiro atoms. The van der Waals surface area contributed by atoms with Crippen molar-refractivity contribution >= 4 is 28.5 Å². The van der Waals surface area contributed by atoms with Crippen LogP contribution in [0.3, 0.4) is 0 Å². The molecule has 1 aromatic rings. The van der Waals surface area contributed by atoms with Crippen molar-refractivity contribution in [1.29, 1.82) is 0 Å². The van der Waals surface area contributed by atoms with Gasteiger partial charge in [-0.05, 0) is 25.5 Å². The van der Waals surface area contributed by atoms with E-state index in [-0.39, 0.29) is 10.1 Å². The molecule has 1 aromatic heterocycles. The van der Waals surface area contributed by atoms with Crippen LogP contribution in [0.4, 0.5) is 5.82 Å². The Morgan fingerprint density at radius 3 is 2.90 bits per heavy atom. The monoisotopic (exact) mass is 311 g/mol. The van der Waals surface area contributed by atoms with E-state index in [0.29, 0.717) is 25.5 Å². The lowest BCUT2D eigenvalue weighted by Crippen LogP contribution is -2.29. The van der Waals surface area contributed by atoms with E-state index in [2.05, 4.69) is 34.8 Å². The molecule has 20 heavy (non-hydrogen) atoms. The maximum atomic E-state index is 12.4. The zero-order chi connectivity index (χ0) is 14.6. The van der Waals surface area contributed by atoms with Gasteiger partial charge in [-0.1, -0.05) is 5.92 Å². The maximum Gasteiger partial charge on any atom is 0.244 e. The Morgan fingerprint density at radius 1 is 1.55 bits per heavy atom. The van der Waals surface area contributed by atoms with Crippen molar-refractivity contribution in [1.82, 2.24) is 9.29 Å². The zero-order valence-electron chi connectivity index (χ0n) is 11.2. The predicted octanol–water partition coefficient (Wildman–Crippen LogP) is 1.21. The molecule has 108 valence electrons. The van der Waals surface area contributed by atoms with Crippen molar-refractivity contribution in [2.75, 3.05) is 25.0 Å². The van der Waals surface area contributed by atoms with Crippen LogP contribution in [0.5, 0.6) is 0 Å². The van der Waals surface area contributed by atoms with Crippen LogP contribution in [0.15, 0.2) is 23.2 Å². The van der Waals surface area contributed by atoms with E-state index in [1.807, 2.05) is 0 Å². The topological polar surface area (TPSA) is 62.3 Å². The molecule has 0 aliphatic carbocycles. The summed E-state index contributed by atoms with van der Waals surface area (Å²) in [7, 11) is -3.45. The molecule has 0 amide bonds. The molecule has 1 fully saturated rings. The van der Waals surface area contributed by atoms with Gasteiger partial charge in [0.05, 0.1) is 6.54 Å². The van der Waals surface area contributed by atoms with Gasteiger partial charge in [0.25, 0.3) is 0 Å². The van der Waals surface area contributed by atoms with Crippen LogP contribution in [-0.2, 0) is 10.0 Å². The van der Waals surface area contributed by atoms with Crippen LogP contribution in [0.25, 0.3) is 0 Å². The lowest BCUT2D eigenvalue weighted by Gasteiger charge is -2.15. The molecule has 0 radical (unpaired) electrons. The summed E-state index contributed by atoms with van der Waals surface area (Å²) in [6.07, 6.45) is 2.16. The lowest BCUT2D eigenvalue weighted by atomic mass is 10.4. The summed E-state index contributed by atoms with van der Waals surface area (Å²) < 4.78 is 26.2. The van der Waals surface area contributed by atoms with E-state index in [1.54, 1.807) is 19.1 Å². The van der Waals surface area contributed by atoms with Gasteiger partial charge in [-0.15, -0.1) is 5.92 Å². The highest BCUT2D eigenvalue weighted by Crippen LogP contribution is 2.23. The van der Waals surface area contributed by atoms with Gasteiger partial charge in [0.15, 0.2) is 0 Å². The van der Waals surface area contributed by atoms with E-state index in [9.17, 15) is 8.42 Å². The molecule has 5 nitrogen and oxygen atoms in total. The first-order valence-electron chi connectivity index (χ1n) is 6.32. The normalized spacial score (nSPS) is 19.4. The quantitative estimate of drug-likeness (QED) is 0.648. The second-order valence-corrected chi connectivity index (χ2v) is 7.13. The van der Waals surface area contributed by atoms with E-state index < -0.39 is 10.0 Å². The molecule has 1 atom stereocenters. The van der Waals surface area contributed by atoms with Crippen molar-refractivity contribution < 1.29 is 8.42 Å². The largest absolute Gasteiger partial charge is 0.359 e. The number of rotatable bonds is 4. The molecular formula is C13H17N3O2S2. The molecule has 0 aromatic carbocycles. The van der Waals surface area contributed by atoms with Gasteiger partial charge in [-0.2, -0.15) is 16.9 Å². The van der Waals surface area contributed by atoms with Crippen LogP contribution < -0.4 is 5.32 Å². The maximum absolute atomic E-state index is 12.4. The van der Waals surface area contributed by atoms with Gasteiger partial charge in [-0.25, -0.2) is 13.4 Å². The third kappa shape index (κ3) is 3.45. The van der Waals surface area contributed by atoms with Gasteiger partial charge in [0.1, 0.15) is 10.7 Å². The Morgan fingerprint density at radius 2 is 2.35 bits per heavy atom. The Bertz CT molecular complexity index is 617. The van der Waals surface area contributed by atoms with Crippen molar-refractivity contribution in [3.05, 3.63) is 18.3 Å². The van der Waals surface area contributed by atoms with E-state index in [0.717, 1.165) is 6.42 Å². The van der Waals surface area contributed by atoms with E-state index >= 15 is 0 Å². The number of pyridine rings is 1. The van der Waals surface area contributed by atoms with Crippen LogP contribution in [0.1, 0.15) is 13.3 Å². The van der Waals surface area contributed by atoms with Crippen LogP contribution in [-0.4, -0.2) is 42.6 Å². The van der Waals surface area contributed by atoms with Gasteiger partial charge in [-0.3, -0.25) is 0 Å². The highest BCUT2D eigenvalue weighted by atomic mass is 32.2. The second-order valence-electron chi connectivity index (χ2n) is 4.47. The highest BCUT2D eigenvalue weighted by Gasteiger charge is 2.31. The van der Waals surface area contributed by atoms with E-state index in [4.69, 9.17) is 0 Å². The molecular weight excluding hydrogens is 294 g/mol. The first-order chi connectivity index (χ1) is 9.54. The molecule has 1 N–H and O–H groups in total. The number of thiol groups is 1. The third-order valence-electron chi connectivity index (χ3n) is 3.03. The standard InChI is InChI=1S/C13H17N3O2S2/c1-2-3-7-14-13-5-4-12(9-15-13)20(17,18)16-8-6-11(19)10-16/h4-5,9,11,19H,6-8,10H2,1H3,(H,14,15). The number of sulfonamides is 1. The summed E-state index contributed by atoms with van der Waals surface area (Å²) in [5.74, 6) is 6.23. The van der Waals surface area contributed by atoms with Gasteiger partial charge in [0, 0.05) is 24.5 Å². The van der Waals surface area contributed by atoms with Gasteiger partial charge in [0.2, 0.25) is 10.0 Å². The minimum absolute atomic E-state index is 0.117. The molecule has 2 heterocycles. The number of hydrogen-bond donors (Lipinski definition) is 2. The number of nitrogens with zero attached hydrogens (tertiary/aromatic N) is 2. The average molecular weight is 311 g/mol. The second kappa shape index (κ2) is 6.48. The lowest BCUT2D eigenvalue weighted by molar-refractivity contribution is 0.478. The minimum Gasteiger partial charge on any atom is -0.359 e. The Balaban J connectivity index is 2.10. The summed E-state index contributed by atoms with van der Waals surface area (Å²) in [6, 6.07) is 3.22. The smallest absolute Gasteiger partial charge is 0.244 e. The summed E-state index contributed by atoms with van der Waals surface area (Å²) in [6.45, 7) is 3.22. The summed E-state index contributed by atoms with van der Waals surface area (Å²) in [5.41, 5.74) is 0. The third-order valence-corrected chi connectivity index (χ3v) is 5.31. The average Bonchev–Trinajstić information content (AvgIpc) is 2.87. The highest BCUT2D eigenvalue weighted by molar-refractivity contribution is 7.89. The number of nitrogens with one attached hydrogen (secondary N) is 1. The molecule has 1 saturated heterocycles. The minimum atomic E-state index is -3.45. The molecule has 0 saturated carbocycles. The molecule has 0 bridgehead atoms. The number of aromatic nitrogens is 1. The predicted molar refractivity (Wildman–Crippen MR) is 82.3 cm³/mol. The molecule has 1 aliphatic rings. The Kier molecular flexibility index (Phi) is 4.91.